The van der Waals surface area contributed by atoms with E-state index in [9.17, 15) is 10.1 Å². The van der Waals surface area contributed by atoms with Crippen molar-refractivity contribution in [3.05, 3.63) is 27.4 Å². The molecule has 0 spiro atoms. The van der Waals surface area contributed by atoms with Gasteiger partial charge in [-0.25, -0.2) is 4.98 Å². The van der Waals surface area contributed by atoms with Crippen LogP contribution in [0.1, 0.15) is 13.3 Å². The van der Waals surface area contributed by atoms with Crippen LogP contribution in [0.3, 0.4) is 0 Å². The number of aromatic nitrogens is 1. The van der Waals surface area contributed by atoms with Crippen LogP contribution in [0.2, 0.25) is 5.02 Å². The van der Waals surface area contributed by atoms with Gasteiger partial charge in [0.1, 0.15) is 12.0 Å². The minimum atomic E-state index is -0.501. The van der Waals surface area contributed by atoms with Crippen molar-refractivity contribution in [1.29, 1.82) is 0 Å². The third kappa shape index (κ3) is 2.39. The summed E-state index contributed by atoms with van der Waals surface area (Å²) in [5.74, 6) is 1.03. The van der Waals surface area contributed by atoms with Crippen molar-refractivity contribution in [3.63, 3.8) is 0 Å². The van der Waals surface area contributed by atoms with Gasteiger partial charge in [-0.05, 0) is 25.8 Å². The summed E-state index contributed by atoms with van der Waals surface area (Å²) in [7, 11) is 0. The number of rotatable bonds is 3. The fourth-order valence-electron chi connectivity index (χ4n) is 2.34. The Morgan fingerprint density at radius 2 is 2.44 bits per heavy atom. The second-order valence-corrected chi connectivity index (χ2v) is 5.00. The fraction of sp³-hybridized carbons (Fsp3) is 0.545. The molecule has 2 unspecified atom stereocenters. The molecule has 7 heteroatoms. The van der Waals surface area contributed by atoms with Crippen molar-refractivity contribution in [2.75, 3.05) is 18.0 Å². The zero-order valence-electron chi connectivity index (χ0n) is 10.0. The molecule has 2 rings (SSSR count). The second-order valence-electron chi connectivity index (χ2n) is 4.59. The molecule has 98 valence electrons. The lowest BCUT2D eigenvalue weighted by Gasteiger charge is -2.23. The zero-order valence-corrected chi connectivity index (χ0v) is 10.8. The van der Waals surface area contributed by atoms with Gasteiger partial charge >= 0.3 is 0 Å². The molecule has 1 aliphatic heterocycles. The van der Waals surface area contributed by atoms with Crippen molar-refractivity contribution in [2.45, 2.75) is 19.4 Å². The summed E-state index contributed by atoms with van der Waals surface area (Å²) in [4.78, 5) is 16.3. The molecular formula is C11H15ClN4O2. The number of halogens is 1. The summed E-state index contributed by atoms with van der Waals surface area (Å²) in [6.45, 7) is 3.50. The summed E-state index contributed by atoms with van der Waals surface area (Å²) in [5.41, 5.74) is 5.58. The van der Waals surface area contributed by atoms with Crippen molar-refractivity contribution in [1.82, 2.24) is 4.98 Å². The topological polar surface area (TPSA) is 85.3 Å². The third-order valence-electron chi connectivity index (χ3n) is 3.28. The number of hydrogen-bond donors (Lipinski definition) is 1. The summed E-state index contributed by atoms with van der Waals surface area (Å²) >= 11 is 6.07. The number of nitro groups is 1. The Balaban J connectivity index is 2.26. The molecule has 2 atom stereocenters. The predicted molar refractivity (Wildman–Crippen MR) is 69.9 cm³/mol. The lowest BCUT2D eigenvalue weighted by atomic mass is 10.1. The van der Waals surface area contributed by atoms with Crippen LogP contribution < -0.4 is 10.6 Å². The molecular weight excluding hydrogens is 256 g/mol. The summed E-state index contributed by atoms with van der Waals surface area (Å²) < 4.78 is 0. The van der Waals surface area contributed by atoms with E-state index in [4.69, 9.17) is 17.3 Å². The van der Waals surface area contributed by atoms with Crippen LogP contribution in [0.15, 0.2) is 12.3 Å². The summed E-state index contributed by atoms with van der Waals surface area (Å²) in [6.07, 6.45) is 2.23. The number of anilines is 1. The van der Waals surface area contributed by atoms with E-state index in [1.165, 1.54) is 12.3 Å². The van der Waals surface area contributed by atoms with E-state index in [2.05, 4.69) is 16.8 Å². The minimum absolute atomic E-state index is 0.0917. The first-order chi connectivity index (χ1) is 8.52. The first-order valence-corrected chi connectivity index (χ1v) is 6.17. The monoisotopic (exact) mass is 270 g/mol. The van der Waals surface area contributed by atoms with Crippen molar-refractivity contribution >= 4 is 23.1 Å². The molecule has 1 fully saturated rings. The Bertz CT molecular complexity index is 468. The molecule has 2 N–H and O–H groups in total. The number of nitrogens with zero attached hydrogens (tertiary/aromatic N) is 3. The molecule has 0 bridgehead atoms. The molecule has 1 aromatic heterocycles. The maximum atomic E-state index is 10.6. The van der Waals surface area contributed by atoms with E-state index < -0.39 is 4.92 Å². The molecule has 18 heavy (non-hydrogen) atoms. The summed E-state index contributed by atoms with van der Waals surface area (Å²) in [6, 6.07) is 1.64. The zero-order chi connectivity index (χ0) is 13.3. The first-order valence-electron chi connectivity index (χ1n) is 5.79. The SMILES string of the molecule is CC1CC(CN)CN1c1ncc([N+](=O)[O-])cc1Cl. The minimum Gasteiger partial charge on any atom is -0.352 e. The van der Waals surface area contributed by atoms with Crippen LogP contribution in [-0.4, -0.2) is 29.0 Å². The van der Waals surface area contributed by atoms with Crippen LogP contribution >= 0.6 is 11.6 Å². The molecule has 0 radical (unpaired) electrons. The highest BCUT2D eigenvalue weighted by molar-refractivity contribution is 6.33. The number of hydrogen-bond acceptors (Lipinski definition) is 5. The highest BCUT2D eigenvalue weighted by Gasteiger charge is 2.30. The maximum absolute atomic E-state index is 10.6. The summed E-state index contributed by atoms with van der Waals surface area (Å²) in [5, 5.41) is 10.9. The number of pyridine rings is 1. The van der Waals surface area contributed by atoms with Crippen LogP contribution in [0.4, 0.5) is 11.5 Å². The second kappa shape index (κ2) is 5.07. The van der Waals surface area contributed by atoms with Gasteiger partial charge in [0, 0.05) is 18.7 Å². The first kappa shape index (κ1) is 13.0. The Labute approximate surface area is 110 Å². The smallest absolute Gasteiger partial charge is 0.289 e. The van der Waals surface area contributed by atoms with E-state index in [0.29, 0.717) is 29.3 Å². The fourth-order valence-corrected chi connectivity index (χ4v) is 2.61. The van der Waals surface area contributed by atoms with E-state index in [0.717, 1.165) is 13.0 Å². The Morgan fingerprint density at radius 1 is 1.72 bits per heavy atom. The van der Waals surface area contributed by atoms with Crippen LogP contribution in [0, 0.1) is 16.0 Å². The van der Waals surface area contributed by atoms with Gasteiger partial charge in [-0.15, -0.1) is 0 Å². The van der Waals surface area contributed by atoms with Crippen molar-refractivity contribution in [2.24, 2.45) is 11.7 Å². The Hall–Kier alpha value is -1.40. The van der Waals surface area contributed by atoms with Crippen LogP contribution in [0.5, 0.6) is 0 Å². The molecule has 0 aromatic carbocycles. The quantitative estimate of drug-likeness (QED) is 0.669. The Kier molecular flexibility index (Phi) is 3.68. The maximum Gasteiger partial charge on any atom is 0.289 e. The largest absolute Gasteiger partial charge is 0.352 e. The van der Waals surface area contributed by atoms with Gasteiger partial charge < -0.3 is 10.6 Å². The average Bonchev–Trinajstić information content (AvgIpc) is 2.70. The predicted octanol–water partition coefficient (Wildman–Crippen LogP) is 1.82. The molecule has 0 amide bonds. The average molecular weight is 271 g/mol. The van der Waals surface area contributed by atoms with E-state index in [1.54, 1.807) is 0 Å². The van der Waals surface area contributed by atoms with Gasteiger partial charge in [0.25, 0.3) is 5.69 Å². The van der Waals surface area contributed by atoms with Gasteiger partial charge in [0.05, 0.1) is 9.95 Å². The van der Waals surface area contributed by atoms with Crippen LogP contribution in [0.25, 0.3) is 0 Å². The molecule has 1 aliphatic rings. The highest BCUT2D eigenvalue weighted by atomic mass is 35.5. The van der Waals surface area contributed by atoms with Gasteiger partial charge in [0.2, 0.25) is 0 Å². The number of nitrogens with two attached hydrogens (primary N) is 1. The Morgan fingerprint density at radius 3 is 2.94 bits per heavy atom. The van der Waals surface area contributed by atoms with Crippen molar-refractivity contribution < 1.29 is 4.92 Å². The van der Waals surface area contributed by atoms with Gasteiger partial charge in [-0.1, -0.05) is 11.6 Å². The molecule has 0 saturated carbocycles. The molecule has 6 nitrogen and oxygen atoms in total. The van der Waals surface area contributed by atoms with Gasteiger partial charge in [-0.2, -0.15) is 0 Å². The van der Waals surface area contributed by atoms with E-state index >= 15 is 0 Å². The highest BCUT2D eigenvalue weighted by Crippen LogP contribution is 2.33. The van der Waals surface area contributed by atoms with E-state index in [-0.39, 0.29) is 5.69 Å². The van der Waals surface area contributed by atoms with Crippen molar-refractivity contribution in [3.8, 4) is 0 Å². The van der Waals surface area contributed by atoms with E-state index in [1.807, 2.05) is 0 Å². The van der Waals surface area contributed by atoms with Gasteiger partial charge in [-0.3, -0.25) is 10.1 Å². The standard InChI is InChI=1S/C11H15ClN4O2/c1-7-2-8(4-13)6-15(7)11-10(12)3-9(5-14-11)16(17)18/h3,5,7-8H,2,4,6,13H2,1H3. The molecule has 1 saturated heterocycles. The molecule has 1 aromatic rings. The van der Waals surface area contributed by atoms with Gasteiger partial charge in [0.15, 0.2) is 0 Å². The normalized spacial score (nSPS) is 23.4. The lowest BCUT2D eigenvalue weighted by molar-refractivity contribution is -0.385. The lowest BCUT2D eigenvalue weighted by Crippen LogP contribution is -2.28. The van der Waals surface area contributed by atoms with Crippen LogP contribution in [-0.2, 0) is 0 Å². The third-order valence-corrected chi connectivity index (χ3v) is 3.56. The molecule has 2 heterocycles. The molecule has 0 aliphatic carbocycles.